The summed E-state index contributed by atoms with van der Waals surface area (Å²) < 4.78 is 0. The van der Waals surface area contributed by atoms with E-state index >= 15 is 0 Å². The van der Waals surface area contributed by atoms with Crippen LogP contribution in [0.4, 0.5) is 0 Å². The van der Waals surface area contributed by atoms with Gasteiger partial charge >= 0.3 is 0 Å². The second-order valence-electron chi connectivity index (χ2n) is 5.44. The van der Waals surface area contributed by atoms with E-state index in [1.807, 2.05) is 30.3 Å². The predicted molar refractivity (Wildman–Crippen MR) is 89.4 cm³/mol. The largest absolute Gasteiger partial charge is 0.396 e. The first kappa shape index (κ1) is 16.9. The maximum absolute atomic E-state index is 12.4. The van der Waals surface area contributed by atoms with Gasteiger partial charge in [0.25, 0.3) is 5.91 Å². The van der Waals surface area contributed by atoms with Crippen LogP contribution in [0.25, 0.3) is 0 Å². The molecule has 23 heavy (non-hydrogen) atoms. The molecule has 1 unspecified atom stereocenters. The van der Waals surface area contributed by atoms with E-state index in [-0.39, 0.29) is 24.3 Å². The summed E-state index contributed by atoms with van der Waals surface area (Å²) in [5, 5.41) is 12.0. The van der Waals surface area contributed by atoms with Crippen molar-refractivity contribution in [2.24, 2.45) is 0 Å². The summed E-state index contributed by atoms with van der Waals surface area (Å²) in [5.41, 5.74) is 2.11. The lowest BCUT2D eigenvalue weighted by molar-refractivity contribution is 0.0930. The summed E-state index contributed by atoms with van der Waals surface area (Å²) in [5.74, 6) is -0.214. The van der Waals surface area contributed by atoms with Crippen molar-refractivity contribution in [3.63, 3.8) is 0 Å². The highest BCUT2D eigenvalue weighted by molar-refractivity contribution is 5.97. The summed E-state index contributed by atoms with van der Waals surface area (Å²) in [6.07, 6.45) is 1.28. The number of Topliss-reactive ketones (excluding diaryl/α,β-unsaturated/α-hetero) is 1. The molecule has 1 atom stereocenters. The van der Waals surface area contributed by atoms with Crippen molar-refractivity contribution in [1.82, 2.24) is 5.32 Å². The van der Waals surface area contributed by atoms with Gasteiger partial charge in [-0.15, -0.1) is 0 Å². The topological polar surface area (TPSA) is 66.4 Å². The fraction of sp³-hybridized carbons (Fsp3) is 0.263. The van der Waals surface area contributed by atoms with Gasteiger partial charge in [0, 0.05) is 17.7 Å². The molecule has 0 heterocycles. The number of aliphatic hydroxyl groups excluding tert-OH is 1. The normalized spacial score (nSPS) is 11.7. The van der Waals surface area contributed by atoms with Crippen molar-refractivity contribution in [2.75, 3.05) is 6.61 Å². The Morgan fingerprint density at radius 3 is 2.17 bits per heavy atom. The highest BCUT2D eigenvalue weighted by atomic mass is 16.3. The van der Waals surface area contributed by atoms with E-state index in [0.717, 1.165) is 5.56 Å². The van der Waals surface area contributed by atoms with E-state index in [9.17, 15) is 9.59 Å². The Morgan fingerprint density at radius 2 is 1.61 bits per heavy atom. The van der Waals surface area contributed by atoms with Gasteiger partial charge in [-0.25, -0.2) is 0 Å². The zero-order valence-corrected chi connectivity index (χ0v) is 13.2. The minimum Gasteiger partial charge on any atom is -0.396 e. The Labute approximate surface area is 136 Å². The second-order valence-corrected chi connectivity index (χ2v) is 5.44. The number of hydrogen-bond acceptors (Lipinski definition) is 3. The van der Waals surface area contributed by atoms with Gasteiger partial charge in [0.05, 0.1) is 6.04 Å². The molecule has 2 N–H and O–H groups in total. The fourth-order valence-corrected chi connectivity index (χ4v) is 2.40. The maximum Gasteiger partial charge on any atom is 0.251 e. The third-order valence-corrected chi connectivity index (χ3v) is 3.71. The molecule has 1 amide bonds. The molecule has 2 aromatic rings. The number of carbonyl (C=O) groups is 2. The third-order valence-electron chi connectivity index (χ3n) is 3.71. The number of amides is 1. The number of carbonyl (C=O) groups excluding carboxylic acids is 2. The summed E-state index contributed by atoms with van der Waals surface area (Å²) in [4.78, 5) is 23.7. The Hall–Kier alpha value is -2.46. The summed E-state index contributed by atoms with van der Waals surface area (Å²) in [6.45, 7) is 1.59. The van der Waals surface area contributed by atoms with Crippen LogP contribution >= 0.6 is 0 Å². The van der Waals surface area contributed by atoms with Crippen LogP contribution in [0, 0.1) is 0 Å². The molecule has 4 nitrogen and oxygen atoms in total. The molecule has 0 bridgehead atoms. The molecule has 2 rings (SSSR count). The smallest absolute Gasteiger partial charge is 0.251 e. The minimum absolute atomic E-state index is 0.0259. The van der Waals surface area contributed by atoms with Gasteiger partial charge in [-0.05, 0) is 37.5 Å². The maximum atomic E-state index is 12.4. The first-order valence-corrected chi connectivity index (χ1v) is 7.69. The Morgan fingerprint density at radius 1 is 1.00 bits per heavy atom. The Balaban J connectivity index is 2.12. The fourth-order valence-electron chi connectivity index (χ4n) is 2.40. The molecular formula is C19H21NO3. The van der Waals surface area contributed by atoms with Crippen molar-refractivity contribution in [2.45, 2.75) is 25.8 Å². The van der Waals surface area contributed by atoms with Crippen LogP contribution < -0.4 is 5.32 Å². The number of rotatable bonds is 7. The first-order chi connectivity index (χ1) is 11.1. The molecule has 0 aliphatic rings. The molecule has 2 aromatic carbocycles. The molecule has 0 saturated carbocycles. The van der Waals surface area contributed by atoms with E-state index < -0.39 is 0 Å². The molecule has 4 heteroatoms. The van der Waals surface area contributed by atoms with Crippen LogP contribution in [0.15, 0.2) is 54.6 Å². The van der Waals surface area contributed by atoms with Crippen LogP contribution in [-0.4, -0.2) is 23.4 Å². The Kier molecular flexibility index (Phi) is 6.06. The molecule has 0 aromatic heterocycles. The summed E-state index contributed by atoms with van der Waals surface area (Å²) in [7, 11) is 0. The van der Waals surface area contributed by atoms with Crippen molar-refractivity contribution < 1.29 is 14.7 Å². The van der Waals surface area contributed by atoms with Crippen LogP contribution in [-0.2, 0) is 0 Å². The van der Waals surface area contributed by atoms with Crippen LogP contribution in [0.5, 0.6) is 0 Å². The SMILES string of the molecule is CC(=O)c1ccc(C(=O)NC(CCCO)c2ccccc2)cc1. The van der Waals surface area contributed by atoms with Gasteiger partial charge in [-0.2, -0.15) is 0 Å². The van der Waals surface area contributed by atoms with Gasteiger partial charge in [-0.1, -0.05) is 42.5 Å². The monoisotopic (exact) mass is 311 g/mol. The van der Waals surface area contributed by atoms with Crippen LogP contribution in [0.3, 0.4) is 0 Å². The molecule has 0 spiro atoms. The number of ketones is 1. The number of aliphatic hydroxyl groups is 1. The zero-order valence-electron chi connectivity index (χ0n) is 13.2. The van der Waals surface area contributed by atoms with E-state index in [2.05, 4.69) is 5.32 Å². The third kappa shape index (κ3) is 4.76. The van der Waals surface area contributed by atoms with E-state index in [1.165, 1.54) is 6.92 Å². The summed E-state index contributed by atoms with van der Waals surface area (Å²) in [6, 6.07) is 16.2. The second kappa shape index (κ2) is 8.25. The molecular weight excluding hydrogens is 290 g/mol. The molecule has 0 aliphatic heterocycles. The van der Waals surface area contributed by atoms with E-state index in [1.54, 1.807) is 24.3 Å². The van der Waals surface area contributed by atoms with Crippen molar-refractivity contribution in [3.8, 4) is 0 Å². The van der Waals surface area contributed by atoms with Crippen molar-refractivity contribution >= 4 is 11.7 Å². The van der Waals surface area contributed by atoms with Gasteiger partial charge in [0.15, 0.2) is 5.78 Å². The quantitative estimate of drug-likeness (QED) is 0.772. The lowest BCUT2D eigenvalue weighted by atomic mass is 10.0. The highest BCUT2D eigenvalue weighted by Crippen LogP contribution is 2.19. The lowest BCUT2D eigenvalue weighted by Gasteiger charge is -2.19. The standard InChI is InChI=1S/C19H21NO3/c1-14(22)15-9-11-17(12-10-15)19(23)20-18(8-5-13-21)16-6-3-2-4-7-16/h2-4,6-7,9-12,18,21H,5,8,13H2,1H3,(H,20,23). The molecule has 0 aliphatic carbocycles. The molecule has 0 saturated heterocycles. The van der Waals surface area contributed by atoms with Gasteiger partial charge in [-0.3, -0.25) is 9.59 Å². The average molecular weight is 311 g/mol. The number of hydrogen-bond donors (Lipinski definition) is 2. The van der Waals surface area contributed by atoms with Crippen LogP contribution in [0.1, 0.15) is 52.1 Å². The average Bonchev–Trinajstić information content (AvgIpc) is 2.59. The van der Waals surface area contributed by atoms with E-state index in [0.29, 0.717) is 24.0 Å². The predicted octanol–water partition coefficient (Wildman–Crippen LogP) is 3.13. The van der Waals surface area contributed by atoms with Gasteiger partial charge in [0.2, 0.25) is 0 Å². The van der Waals surface area contributed by atoms with Crippen LogP contribution in [0.2, 0.25) is 0 Å². The minimum atomic E-state index is -0.188. The number of benzene rings is 2. The first-order valence-electron chi connectivity index (χ1n) is 7.69. The van der Waals surface area contributed by atoms with Gasteiger partial charge in [0.1, 0.15) is 0 Å². The zero-order chi connectivity index (χ0) is 16.7. The highest BCUT2D eigenvalue weighted by Gasteiger charge is 2.15. The Bertz CT molecular complexity index is 650. The molecule has 0 radical (unpaired) electrons. The van der Waals surface area contributed by atoms with E-state index in [4.69, 9.17) is 5.11 Å². The van der Waals surface area contributed by atoms with Crippen molar-refractivity contribution in [1.29, 1.82) is 0 Å². The summed E-state index contributed by atoms with van der Waals surface area (Å²) >= 11 is 0. The lowest BCUT2D eigenvalue weighted by Crippen LogP contribution is -2.28. The van der Waals surface area contributed by atoms with Gasteiger partial charge < -0.3 is 10.4 Å². The molecule has 120 valence electrons. The van der Waals surface area contributed by atoms with Crippen molar-refractivity contribution in [3.05, 3.63) is 71.3 Å². The number of nitrogens with one attached hydrogen (secondary N) is 1. The molecule has 0 fully saturated rings.